The maximum absolute atomic E-state index is 11.0. The summed E-state index contributed by atoms with van der Waals surface area (Å²) in [6.07, 6.45) is 7.44. The molecule has 0 bridgehead atoms. The molecule has 0 aromatic heterocycles. The predicted octanol–water partition coefficient (Wildman–Crippen LogP) is 9.05. The summed E-state index contributed by atoms with van der Waals surface area (Å²) in [6, 6.07) is 21.2. The number of hydrogen-bond donors (Lipinski definition) is 0. The Hall–Kier alpha value is -2.09. The molecule has 32 heavy (non-hydrogen) atoms. The third kappa shape index (κ3) is 13.3. The fourth-order valence-corrected chi connectivity index (χ4v) is 2.91. The molecule has 0 saturated heterocycles. The molecule has 0 spiro atoms. The summed E-state index contributed by atoms with van der Waals surface area (Å²) in [4.78, 5) is 11.0. The summed E-state index contributed by atoms with van der Waals surface area (Å²) in [7, 11) is 0. The topological polar surface area (TPSA) is 26.3 Å². The van der Waals surface area contributed by atoms with Gasteiger partial charge in [-0.25, -0.2) is 0 Å². The van der Waals surface area contributed by atoms with Crippen LogP contribution >= 0.6 is 0 Å². The van der Waals surface area contributed by atoms with Gasteiger partial charge in [-0.3, -0.25) is 4.79 Å². The van der Waals surface area contributed by atoms with E-state index in [0.29, 0.717) is 18.4 Å². The Bertz CT molecular complexity index is 618. The molecule has 0 aliphatic heterocycles. The second kappa shape index (κ2) is 19.6. The van der Waals surface area contributed by atoms with Gasteiger partial charge in [0.15, 0.2) is 0 Å². The molecule has 0 heterocycles. The number of benzene rings is 2. The van der Waals surface area contributed by atoms with E-state index in [9.17, 15) is 4.79 Å². The van der Waals surface area contributed by atoms with E-state index in [1.807, 2.05) is 6.92 Å². The molecule has 1 fully saturated rings. The van der Waals surface area contributed by atoms with Gasteiger partial charge in [0, 0.05) is 5.92 Å². The zero-order valence-electron chi connectivity index (χ0n) is 21.8. The van der Waals surface area contributed by atoms with E-state index in [0.717, 1.165) is 12.8 Å². The molecule has 2 unspecified atom stereocenters. The van der Waals surface area contributed by atoms with Gasteiger partial charge in [0.2, 0.25) is 0 Å². The van der Waals surface area contributed by atoms with Crippen LogP contribution in [0.2, 0.25) is 0 Å². The van der Waals surface area contributed by atoms with Gasteiger partial charge in [0.25, 0.3) is 0 Å². The van der Waals surface area contributed by atoms with Gasteiger partial charge in [-0.1, -0.05) is 134 Å². The van der Waals surface area contributed by atoms with Gasteiger partial charge in [-0.05, 0) is 30.4 Å². The van der Waals surface area contributed by atoms with Crippen molar-refractivity contribution in [2.45, 2.75) is 92.9 Å². The van der Waals surface area contributed by atoms with Gasteiger partial charge >= 0.3 is 5.97 Å². The molecule has 0 amide bonds. The first-order chi connectivity index (χ1) is 15.5. The highest BCUT2D eigenvalue weighted by Crippen LogP contribution is 2.41. The summed E-state index contributed by atoms with van der Waals surface area (Å²) in [6.45, 7) is 15.4. The first-order valence-corrected chi connectivity index (χ1v) is 12.8. The fourth-order valence-electron chi connectivity index (χ4n) is 2.91. The summed E-state index contributed by atoms with van der Waals surface area (Å²) in [5, 5.41) is 0. The van der Waals surface area contributed by atoms with Crippen molar-refractivity contribution in [3.63, 3.8) is 0 Å². The third-order valence-corrected chi connectivity index (χ3v) is 5.64. The predicted molar refractivity (Wildman–Crippen MR) is 140 cm³/mol. The van der Waals surface area contributed by atoms with Crippen molar-refractivity contribution in [2.24, 2.45) is 11.8 Å². The SMILES string of the molecule is CC(c1ccccc1)c1ccccc1.CCCC.CCCC.CCOC(=O)C1CC1CC. The molecule has 2 heteroatoms. The number of esters is 1. The lowest BCUT2D eigenvalue weighted by atomic mass is 9.93. The van der Waals surface area contributed by atoms with Crippen LogP contribution in [0.5, 0.6) is 0 Å². The Labute approximate surface area is 198 Å². The van der Waals surface area contributed by atoms with Gasteiger partial charge in [0.05, 0.1) is 12.5 Å². The number of unbranched alkanes of at least 4 members (excludes halogenated alkanes) is 2. The standard InChI is InChI=1S/C14H14.C8H14O2.2C4H10/c1-12(13-8-4-2-5-9-13)14-10-6-3-7-11-14;1-3-6-5-7(6)8(9)10-4-2;2*1-3-4-2/h2-12H,1H3;6-7H,3-5H2,1-2H3;2*3-4H2,1-2H3. The molecule has 0 radical (unpaired) electrons. The zero-order chi connectivity index (χ0) is 24.2. The first-order valence-electron chi connectivity index (χ1n) is 12.8. The lowest BCUT2D eigenvalue weighted by Gasteiger charge is -2.11. The highest BCUT2D eigenvalue weighted by atomic mass is 16.5. The largest absolute Gasteiger partial charge is 0.466 e. The first kappa shape index (κ1) is 29.9. The van der Waals surface area contributed by atoms with E-state index in [1.165, 1.54) is 36.8 Å². The second-order valence-electron chi connectivity index (χ2n) is 8.31. The number of carbonyl (C=O) groups excluding carboxylic acids is 1. The van der Waals surface area contributed by atoms with Crippen LogP contribution in [0, 0.1) is 11.8 Å². The summed E-state index contributed by atoms with van der Waals surface area (Å²) >= 11 is 0. The molecule has 1 saturated carbocycles. The van der Waals surface area contributed by atoms with Gasteiger partial charge in [0.1, 0.15) is 0 Å². The minimum Gasteiger partial charge on any atom is -0.466 e. The molecule has 2 nitrogen and oxygen atoms in total. The summed E-state index contributed by atoms with van der Waals surface area (Å²) < 4.78 is 4.86. The van der Waals surface area contributed by atoms with E-state index < -0.39 is 0 Å². The molecule has 1 aliphatic carbocycles. The number of carbonyl (C=O) groups is 1. The second-order valence-corrected chi connectivity index (χ2v) is 8.31. The Kier molecular flexibility index (Phi) is 18.3. The van der Waals surface area contributed by atoms with Crippen LogP contribution in [0.25, 0.3) is 0 Å². The summed E-state index contributed by atoms with van der Waals surface area (Å²) in [5.41, 5.74) is 2.75. The van der Waals surface area contributed by atoms with Crippen molar-refractivity contribution < 1.29 is 9.53 Å². The summed E-state index contributed by atoms with van der Waals surface area (Å²) in [5.74, 6) is 1.36. The Morgan fingerprint density at radius 2 is 1.19 bits per heavy atom. The van der Waals surface area contributed by atoms with Crippen molar-refractivity contribution in [3.8, 4) is 0 Å². The minimum atomic E-state index is 0.00866. The smallest absolute Gasteiger partial charge is 0.309 e. The Balaban J connectivity index is 0.000000466. The molecule has 2 atom stereocenters. The zero-order valence-corrected chi connectivity index (χ0v) is 21.8. The molecule has 0 N–H and O–H groups in total. The molecule has 2 aromatic rings. The van der Waals surface area contributed by atoms with Crippen molar-refractivity contribution >= 4 is 5.97 Å². The van der Waals surface area contributed by atoms with Crippen LogP contribution in [-0.4, -0.2) is 12.6 Å². The van der Waals surface area contributed by atoms with Gasteiger partial charge in [-0.15, -0.1) is 0 Å². The minimum absolute atomic E-state index is 0.00866. The van der Waals surface area contributed by atoms with E-state index in [4.69, 9.17) is 4.74 Å². The van der Waals surface area contributed by atoms with E-state index in [1.54, 1.807) is 0 Å². The fraction of sp³-hybridized carbons (Fsp3) is 0.567. The van der Waals surface area contributed by atoms with Crippen LogP contribution in [0.1, 0.15) is 104 Å². The average molecular weight is 441 g/mol. The number of hydrogen-bond acceptors (Lipinski definition) is 2. The van der Waals surface area contributed by atoms with Crippen molar-refractivity contribution in [1.82, 2.24) is 0 Å². The maximum atomic E-state index is 11.0. The van der Waals surface area contributed by atoms with E-state index >= 15 is 0 Å². The highest BCUT2D eigenvalue weighted by molar-refractivity contribution is 5.75. The molecule has 3 rings (SSSR count). The number of ether oxygens (including phenoxy) is 1. The van der Waals surface area contributed by atoms with Crippen molar-refractivity contribution in [3.05, 3.63) is 71.8 Å². The van der Waals surface area contributed by atoms with Crippen LogP contribution in [-0.2, 0) is 9.53 Å². The van der Waals surface area contributed by atoms with Gasteiger partial charge < -0.3 is 4.74 Å². The average Bonchev–Trinajstić information content (AvgIpc) is 3.66. The van der Waals surface area contributed by atoms with Gasteiger partial charge in [-0.2, -0.15) is 0 Å². The lowest BCUT2D eigenvalue weighted by Crippen LogP contribution is -2.07. The van der Waals surface area contributed by atoms with E-state index in [2.05, 4.69) is 102 Å². The van der Waals surface area contributed by atoms with Crippen LogP contribution in [0.15, 0.2) is 60.7 Å². The molecule has 180 valence electrons. The molecule has 1 aliphatic rings. The quantitative estimate of drug-likeness (QED) is 0.401. The van der Waals surface area contributed by atoms with E-state index in [-0.39, 0.29) is 11.9 Å². The van der Waals surface area contributed by atoms with Crippen molar-refractivity contribution in [2.75, 3.05) is 6.61 Å². The number of rotatable bonds is 7. The maximum Gasteiger partial charge on any atom is 0.309 e. The van der Waals surface area contributed by atoms with Crippen LogP contribution in [0.4, 0.5) is 0 Å². The molecular weight excluding hydrogens is 392 g/mol. The third-order valence-electron chi connectivity index (χ3n) is 5.64. The molecule has 2 aromatic carbocycles. The normalized spacial score (nSPS) is 15.8. The lowest BCUT2D eigenvalue weighted by molar-refractivity contribution is -0.145. The monoisotopic (exact) mass is 440 g/mol. The molecular formula is C30H48O2. The van der Waals surface area contributed by atoms with Crippen LogP contribution < -0.4 is 0 Å². The van der Waals surface area contributed by atoms with Crippen molar-refractivity contribution in [1.29, 1.82) is 0 Å². The Morgan fingerprint density at radius 3 is 1.47 bits per heavy atom. The highest BCUT2D eigenvalue weighted by Gasteiger charge is 2.42. The van der Waals surface area contributed by atoms with Crippen LogP contribution in [0.3, 0.4) is 0 Å². The Morgan fingerprint density at radius 1 is 0.781 bits per heavy atom.